The Morgan fingerprint density at radius 2 is 2.22 bits per heavy atom. The van der Waals surface area contributed by atoms with Crippen molar-refractivity contribution in [2.75, 3.05) is 10.6 Å². The van der Waals surface area contributed by atoms with Gasteiger partial charge in [-0.1, -0.05) is 6.07 Å². The number of nitrogens with one attached hydrogen (secondary N) is 2. The van der Waals surface area contributed by atoms with Gasteiger partial charge in [0, 0.05) is 37.2 Å². The van der Waals surface area contributed by atoms with E-state index in [4.69, 9.17) is 4.98 Å². The summed E-state index contributed by atoms with van der Waals surface area (Å²) in [5.41, 5.74) is 3.10. The first-order valence-electron chi connectivity index (χ1n) is 8.04. The van der Waals surface area contributed by atoms with Crippen molar-refractivity contribution in [1.82, 2.24) is 19.6 Å². The average Bonchev–Trinajstić information content (AvgIpc) is 2.91. The molecule has 0 radical (unpaired) electrons. The van der Waals surface area contributed by atoms with E-state index in [1.807, 2.05) is 36.9 Å². The summed E-state index contributed by atoms with van der Waals surface area (Å²) in [6, 6.07) is 6.59. The number of hydrogen-bond donors (Lipinski definition) is 2. The summed E-state index contributed by atoms with van der Waals surface area (Å²) < 4.78 is 1.86. The van der Waals surface area contributed by atoms with Gasteiger partial charge in [-0.25, -0.2) is 4.98 Å². The molecule has 6 nitrogen and oxygen atoms in total. The average molecular weight is 306 g/mol. The zero-order valence-corrected chi connectivity index (χ0v) is 13.2. The fraction of sp³-hybridized carbons (Fsp3) is 0.312. The van der Waals surface area contributed by atoms with Gasteiger partial charge in [-0.05, 0) is 36.4 Å². The van der Waals surface area contributed by atoms with Crippen LogP contribution in [0.2, 0.25) is 0 Å². The summed E-state index contributed by atoms with van der Waals surface area (Å²) in [5, 5.41) is 11.4. The van der Waals surface area contributed by atoms with Crippen molar-refractivity contribution in [3.05, 3.63) is 42.4 Å². The quantitative estimate of drug-likeness (QED) is 0.687. The van der Waals surface area contributed by atoms with Gasteiger partial charge in [0.25, 0.3) is 0 Å². The van der Waals surface area contributed by atoms with E-state index < -0.39 is 0 Å². The highest BCUT2D eigenvalue weighted by Crippen LogP contribution is 2.24. The summed E-state index contributed by atoms with van der Waals surface area (Å²) in [6.07, 6.45) is 9.26. The molecular weight excluding hydrogens is 287 g/mol. The monoisotopic (exact) mass is 306 g/mol. The number of nitrogens with zero attached hydrogens (tertiary/aromatic N) is 4. The molecule has 23 heavy (non-hydrogen) atoms. The predicted octanol–water partition coefficient (Wildman–Crippen LogP) is 0.959. The smallest absolute Gasteiger partial charge is 0.153 e. The van der Waals surface area contributed by atoms with Crippen LogP contribution in [0.5, 0.6) is 0 Å². The molecule has 4 rings (SSSR count). The van der Waals surface area contributed by atoms with Crippen LogP contribution in [0.3, 0.4) is 0 Å². The molecule has 3 aromatic heterocycles. The van der Waals surface area contributed by atoms with Crippen LogP contribution in [0.25, 0.3) is 5.65 Å². The van der Waals surface area contributed by atoms with Crippen LogP contribution in [0.1, 0.15) is 24.8 Å². The molecule has 1 saturated carbocycles. The zero-order chi connectivity index (χ0) is 15.6. The maximum atomic E-state index is 4.71. The molecule has 0 atom stereocenters. The van der Waals surface area contributed by atoms with Crippen molar-refractivity contribution < 1.29 is 0 Å². The molecule has 0 unspecified atom stereocenters. The zero-order valence-electron chi connectivity index (χ0n) is 13.2. The van der Waals surface area contributed by atoms with Gasteiger partial charge >= 0.3 is 0 Å². The van der Waals surface area contributed by atoms with E-state index >= 15 is 0 Å². The molecule has 3 aromatic rings. The van der Waals surface area contributed by atoms with Crippen LogP contribution in [0.4, 0.5) is 11.6 Å². The highest BCUT2D eigenvalue weighted by Gasteiger charge is 2.18. The molecule has 0 aliphatic heterocycles. The van der Waals surface area contributed by atoms with Crippen molar-refractivity contribution >= 4 is 30.6 Å². The van der Waals surface area contributed by atoms with Crippen LogP contribution in [-0.4, -0.2) is 33.5 Å². The van der Waals surface area contributed by atoms with Gasteiger partial charge in [-0.2, -0.15) is 9.61 Å². The number of hydrogen-bond acceptors (Lipinski definition) is 5. The molecular formula is C16H19BN6. The number of rotatable bonds is 5. The molecule has 3 heterocycles. The second-order valence-corrected chi connectivity index (χ2v) is 6.08. The Kier molecular flexibility index (Phi) is 3.61. The highest BCUT2D eigenvalue weighted by molar-refractivity contribution is 6.36. The third-order valence-electron chi connectivity index (χ3n) is 4.30. The van der Waals surface area contributed by atoms with Gasteiger partial charge in [0.1, 0.15) is 19.5 Å². The Morgan fingerprint density at radius 3 is 2.96 bits per heavy atom. The largest absolute Gasteiger partial charge is 0.367 e. The molecule has 1 aliphatic rings. The fourth-order valence-electron chi connectivity index (χ4n) is 2.73. The summed E-state index contributed by atoms with van der Waals surface area (Å²) >= 11 is 0. The molecule has 0 saturated heterocycles. The van der Waals surface area contributed by atoms with Gasteiger partial charge in [-0.15, -0.1) is 0 Å². The van der Waals surface area contributed by atoms with E-state index in [1.165, 1.54) is 19.3 Å². The van der Waals surface area contributed by atoms with Gasteiger partial charge in [0.15, 0.2) is 5.65 Å². The van der Waals surface area contributed by atoms with E-state index in [0.717, 1.165) is 28.3 Å². The van der Waals surface area contributed by atoms with E-state index in [0.29, 0.717) is 12.6 Å². The molecule has 0 bridgehead atoms. The lowest BCUT2D eigenvalue weighted by Gasteiger charge is -2.27. The standard InChI is InChI=1S/C16H19BN6/c17-13-10-20-23-15(19-9-11-3-2-6-18-8-11)7-14(22-16(13)23)21-12-4-1-5-12/h2-3,6-8,10,12,19H,1,4-5,9,17H2,(H,21,22). The van der Waals surface area contributed by atoms with Crippen molar-refractivity contribution in [2.45, 2.75) is 31.8 Å². The second-order valence-electron chi connectivity index (χ2n) is 6.08. The molecule has 1 fully saturated rings. The Hall–Kier alpha value is -2.57. The SMILES string of the molecule is Bc1cnn2c(NCc3cccnc3)cc(NC3CCC3)nc12. The molecule has 0 aromatic carbocycles. The normalized spacial score (nSPS) is 14.6. The summed E-state index contributed by atoms with van der Waals surface area (Å²) in [5.74, 6) is 1.85. The Labute approximate surface area is 135 Å². The van der Waals surface area contributed by atoms with Crippen LogP contribution in [0, 0.1) is 0 Å². The minimum atomic E-state index is 0.555. The van der Waals surface area contributed by atoms with E-state index in [-0.39, 0.29) is 0 Å². The maximum Gasteiger partial charge on any atom is 0.153 e. The van der Waals surface area contributed by atoms with Gasteiger partial charge in [-0.3, -0.25) is 4.98 Å². The molecule has 7 heteroatoms. The van der Waals surface area contributed by atoms with E-state index in [1.54, 1.807) is 6.20 Å². The maximum absolute atomic E-state index is 4.71. The van der Waals surface area contributed by atoms with Crippen LogP contribution in [-0.2, 0) is 6.54 Å². The van der Waals surface area contributed by atoms with Crippen molar-refractivity contribution in [3.63, 3.8) is 0 Å². The van der Waals surface area contributed by atoms with Crippen molar-refractivity contribution in [1.29, 1.82) is 0 Å². The first-order chi connectivity index (χ1) is 11.3. The van der Waals surface area contributed by atoms with Gasteiger partial charge < -0.3 is 10.6 Å². The second kappa shape index (κ2) is 5.91. The lowest BCUT2D eigenvalue weighted by atomic mass is 9.93. The fourth-order valence-corrected chi connectivity index (χ4v) is 2.73. The first kappa shape index (κ1) is 14.1. The summed E-state index contributed by atoms with van der Waals surface area (Å²) in [7, 11) is 2.04. The third kappa shape index (κ3) is 2.86. The number of anilines is 2. The number of pyridine rings is 1. The topological polar surface area (TPSA) is 67.1 Å². The van der Waals surface area contributed by atoms with Crippen LogP contribution in [0.15, 0.2) is 36.8 Å². The molecule has 0 spiro atoms. The molecule has 0 amide bonds. The van der Waals surface area contributed by atoms with Gasteiger partial charge in [0.2, 0.25) is 0 Å². The minimum absolute atomic E-state index is 0.555. The Bertz CT molecular complexity index is 812. The lowest BCUT2D eigenvalue weighted by molar-refractivity contribution is 0.444. The third-order valence-corrected chi connectivity index (χ3v) is 4.30. The molecule has 1 aliphatic carbocycles. The Morgan fingerprint density at radius 1 is 1.30 bits per heavy atom. The summed E-state index contributed by atoms with van der Waals surface area (Å²) in [6.45, 7) is 0.703. The molecule has 116 valence electrons. The van der Waals surface area contributed by atoms with E-state index in [9.17, 15) is 0 Å². The number of fused-ring (bicyclic) bond motifs is 1. The van der Waals surface area contributed by atoms with Crippen molar-refractivity contribution in [2.24, 2.45) is 0 Å². The van der Waals surface area contributed by atoms with Crippen molar-refractivity contribution in [3.8, 4) is 0 Å². The van der Waals surface area contributed by atoms with E-state index in [2.05, 4.69) is 26.8 Å². The Balaban J connectivity index is 1.63. The van der Waals surface area contributed by atoms with Crippen LogP contribution < -0.4 is 16.1 Å². The van der Waals surface area contributed by atoms with Crippen LogP contribution >= 0.6 is 0 Å². The lowest BCUT2D eigenvalue weighted by Crippen LogP contribution is -2.27. The van der Waals surface area contributed by atoms with Gasteiger partial charge in [0.05, 0.1) is 0 Å². The highest BCUT2D eigenvalue weighted by atomic mass is 15.3. The summed E-state index contributed by atoms with van der Waals surface area (Å²) in [4.78, 5) is 8.86. The first-order valence-corrected chi connectivity index (χ1v) is 8.04. The molecule has 2 N–H and O–H groups in total. The number of aromatic nitrogens is 4. The predicted molar refractivity (Wildman–Crippen MR) is 94.0 cm³/mol. The minimum Gasteiger partial charge on any atom is -0.367 e.